The minimum absolute atomic E-state index is 1.21. The van der Waals surface area contributed by atoms with Crippen molar-refractivity contribution in [1.29, 1.82) is 0 Å². The molecule has 0 aromatic carbocycles. The van der Waals surface area contributed by atoms with Gasteiger partial charge in [0.15, 0.2) is 0 Å². The summed E-state index contributed by atoms with van der Waals surface area (Å²) >= 11 is 0. The fourth-order valence-corrected chi connectivity index (χ4v) is 4.38. The summed E-state index contributed by atoms with van der Waals surface area (Å²) in [5.41, 5.74) is 0. The largest absolute Gasteiger partial charge is 0.256 e. The van der Waals surface area contributed by atoms with Crippen LogP contribution in [-0.2, 0) is 19.5 Å². The van der Waals surface area contributed by atoms with E-state index < -0.39 is 0 Å². The fourth-order valence-electron chi connectivity index (χ4n) is 4.38. The molecule has 1 aromatic rings. The second-order valence-corrected chi connectivity index (χ2v) is 9.15. The monoisotopic (exact) mass is 405 g/mol. The normalized spacial score (nSPS) is 11.4. The van der Waals surface area contributed by atoms with Crippen molar-refractivity contribution in [2.75, 3.05) is 0 Å². The highest BCUT2D eigenvalue weighted by Gasteiger charge is 2.16. The Labute approximate surface area is 183 Å². The first-order valence-corrected chi connectivity index (χ1v) is 13.4. The van der Waals surface area contributed by atoms with Crippen LogP contribution in [0.25, 0.3) is 0 Å². The maximum absolute atomic E-state index is 2.58. The van der Waals surface area contributed by atoms with Gasteiger partial charge in [-0.05, 0) is 32.1 Å². The lowest BCUT2D eigenvalue weighted by atomic mass is 10.1. The van der Waals surface area contributed by atoms with E-state index in [0.29, 0.717) is 0 Å². The van der Waals surface area contributed by atoms with Crippen molar-refractivity contribution in [2.24, 2.45) is 0 Å². The average molecular weight is 406 g/mol. The van der Waals surface area contributed by atoms with Gasteiger partial charge in [0.2, 0.25) is 0 Å². The van der Waals surface area contributed by atoms with E-state index in [1.54, 1.807) is 5.82 Å². The summed E-state index contributed by atoms with van der Waals surface area (Å²) < 4.78 is 5.15. The zero-order valence-corrected chi connectivity index (χ0v) is 20.4. The molecule has 0 amide bonds. The molecule has 0 aliphatic rings. The van der Waals surface area contributed by atoms with E-state index in [9.17, 15) is 0 Å². The van der Waals surface area contributed by atoms with E-state index in [0.717, 1.165) is 0 Å². The van der Waals surface area contributed by atoms with Crippen molar-refractivity contribution < 1.29 is 4.57 Å². The SMILES string of the molecule is CCCCCCCCCCC[n+]1ccn(CCCCC)c1CCCCCCCC. The van der Waals surface area contributed by atoms with Crippen LogP contribution in [0.4, 0.5) is 0 Å². The molecule has 1 rings (SSSR count). The zero-order valence-electron chi connectivity index (χ0n) is 20.4. The number of aromatic nitrogens is 2. The van der Waals surface area contributed by atoms with Gasteiger partial charge in [0, 0.05) is 6.42 Å². The molecule has 0 radical (unpaired) electrons. The summed E-state index contributed by atoms with van der Waals surface area (Å²) in [5, 5.41) is 0. The lowest BCUT2D eigenvalue weighted by Crippen LogP contribution is -2.37. The topological polar surface area (TPSA) is 8.81 Å². The molecule has 29 heavy (non-hydrogen) atoms. The van der Waals surface area contributed by atoms with Crippen molar-refractivity contribution in [2.45, 2.75) is 156 Å². The van der Waals surface area contributed by atoms with Gasteiger partial charge in [0.1, 0.15) is 12.4 Å². The molecule has 1 aromatic heterocycles. The van der Waals surface area contributed by atoms with Crippen molar-refractivity contribution >= 4 is 0 Å². The first-order valence-electron chi connectivity index (χ1n) is 13.4. The Balaban J connectivity index is 2.34. The molecule has 0 unspecified atom stereocenters. The van der Waals surface area contributed by atoms with Crippen molar-refractivity contribution in [3.8, 4) is 0 Å². The third-order valence-electron chi connectivity index (χ3n) is 6.35. The molecule has 0 spiro atoms. The van der Waals surface area contributed by atoms with Crippen LogP contribution in [0.2, 0.25) is 0 Å². The number of rotatable bonds is 21. The smallest absolute Gasteiger partial charge is 0.234 e. The summed E-state index contributed by atoms with van der Waals surface area (Å²) in [5.74, 6) is 1.59. The van der Waals surface area contributed by atoms with Crippen LogP contribution in [0.3, 0.4) is 0 Å². The number of nitrogens with zero attached hydrogens (tertiary/aromatic N) is 2. The van der Waals surface area contributed by atoms with Crippen LogP contribution >= 0.6 is 0 Å². The second kappa shape index (κ2) is 19.2. The van der Waals surface area contributed by atoms with Crippen LogP contribution in [0.1, 0.15) is 142 Å². The van der Waals surface area contributed by atoms with E-state index in [-0.39, 0.29) is 0 Å². The highest BCUT2D eigenvalue weighted by molar-refractivity contribution is 4.84. The molecule has 0 N–H and O–H groups in total. The standard InChI is InChI=1S/C27H53N2/c1-4-7-10-12-14-15-16-18-21-24-29-26-25-28(23-20-9-6-3)27(29)22-19-17-13-11-8-5-2/h25-26H,4-24H2,1-3H3/q+1. The summed E-state index contributed by atoms with van der Waals surface area (Å²) in [4.78, 5) is 0. The number of hydrogen-bond acceptors (Lipinski definition) is 0. The van der Waals surface area contributed by atoms with E-state index in [2.05, 4.69) is 42.3 Å². The van der Waals surface area contributed by atoms with Crippen molar-refractivity contribution in [3.63, 3.8) is 0 Å². The molecule has 2 heteroatoms. The summed E-state index contributed by atoms with van der Waals surface area (Å²) in [6.07, 6.45) is 31.1. The lowest BCUT2D eigenvalue weighted by Gasteiger charge is -2.06. The molecule has 0 aliphatic carbocycles. The Hall–Kier alpha value is -0.790. The minimum atomic E-state index is 1.21. The molecule has 0 atom stereocenters. The van der Waals surface area contributed by atoms with Crippen LogP contribution in [-0.4, -0.2) is 4.57 Å². The maximum atomic E-state index is 2.58. The Morgan fingerprint density at radius 3 is 1.66 bits per heavy atom. The van der Waals surface area contributed by atoms with Gasteiger partial charge in [0.25, 0.3) is 5.82 Å². The van der Waals surface area contributed by atoms with Crippen LogP contribution in [0.5, 0.6) is 0 Å². The molecule has 0 bridgehead atoms. The third kappa shape index (κ3) is 13.2. The zero-order chi connectivity index (χ0) is 21.0. The number of imidazole rings is 1. The summed E-state index contributed by atoms with van der Waals surface area (Å²) in [6, 6.07) is 0. The Morgan fingerprint density at radius 1 is 0.586 bits per heavy atom. The van der Waals surface area contributed by atoms with E-state index >= 15 is 0 Å². The predicted molar refractivity (Wildman–Crippen MR) is 128 cm³/mol. The first-order chi connectivity index (χ1) is 14.3. The lowest BCUT2D eigenvalue weighted by molar-refractivity contribution is -0.704. The second-order valence-electron chi connectivity index (χ2n) is 9.15. The van der Waals surface area contributed by atoms with Crippen molar-refractivity contribution in [3.05, 3.63) is 18.2 Å². The van der Waals surface area contributed by atoms with Gasteiger partial charge in [-0.1, -0.05) is 104 Å². The molecule has 0 saturated heterocycles. The fraction of sp³-hybridized carbons (Fsp3) is 0.889. The van der Waals surface area contributed by atoms with Crippen LogP contribution < -0.4 is 4.57 Å². The number of unbranched alkanes of at least 4 members (excludes halogenated alkanes) is 15. The molecule has 1 heterocycles. The summed E-state index contributed by atoms with van der Waals surface area (Å²) in [6.45, 7) is 9.34. The predicted octanol–water partition coefficient (Wildman–Crippen LogP) is 8.40. The average Bonchev–Trinajstić information content (AvgIpc) is 3.11. The quantitative estimate of drug-likeness (QED) is 0.143. The number of hydrogen-bond donors (Lipinski definition) is 0. The third-order valence-corrected chi connectivity index (χ3v) is 6.35. The van der Waals surface area contributed by atoms with Gasteiger partial charge in [0.05, 0.1) is 13.1 Å². The first kappa shape index (κ1) is 26.2. The van der Waals surface area contributed by atoms with Crippen LogP contribution in [0.15, 0.2) is 12.4 Å². The highest BCUT2D eigenvalue weighted by atomic mass is 15.1. The van der Waals surface area contributed by atoms with Gasteiger partial charge >= 0.3 is 0 Å². The molecule has 0 fully saturated rings. The Kier molecular flexibility index (Phi) is 17.4. The van der Waals surface area contributed by atoms with Crippen LogP contribution in [0, 0.1) is 0 Å². The van der Waals surface area contributed by atoms with Gasteiger partial charge in [-0.15, -0.1) is 0 Å². The van der Waals surface area contributed by atoms with Gasteiger partial charge in [-0.25, -0.2) is 9.13 Å². The van der Waals surface area contributed by atoms with Crippen molar-refractivity contribution in [1.82, 2.24) is 4.57 Å². The summed E-state index contributed by atoms with van der Waals surface area (Å²) in [7, 11) is 0. The van der Waals surface area contributed by atoms with Gasteiger partial charge < -0.3 is 0 Å². The molecular formula is C27H53N2+. The highest BCUT2D eigenvalue weighted by Crippen LogP contribution is 2.12. The molecule has 0 aliphatic heterocycles. The Morgan fingerprint density at radius 2 is 1.07 bits per heavy atom. The van der Waals surface area contributed by atoms with E-state index in [1.165, 1.54) is 135 Å². The maximum Gasteiger partial charge on any atom is 0.256 e. The molecular weight excluding hydrogens is 352 g/mol. The van der Waals surface area contributed by atoms with Gasteiger partial charge in [-0.2, -0.15) is 0 Å². The van der Waals surface area contributed by atoms with Gasteiger partial charge in [-0.3, -0.25) is 0 Å². The number of aryl methyl sites for hydroxylation is 2. The minimum Gasteiger partial charge on any atom is -0.234 e. The molecule has 170 valence electrons. The Bertz CT molecular complexity index is 463. The van der Waals surface area contributed by atoms with E-state index in [4.69, 9.17) is 0 Å². The van der Waals surface area contributed by atoms with E-state index in [1.807, 2.05) is 0 Å². The molecule has 2 nitrogen and oxygen atoms in total. The molecule has 0 saturated carbocycles.